The number of benzene rings is 2. The second-order valence-corrected chi connectivity index (χ2v) is 11.4. The molecule has 2 aliphatic heterocycles. The van der Waals surface area contributed by atoms with Crippen LogP contribution in [-0.4, -0.2) is 86.5 Å². The second kappa shape index (κ2) is 13.2. The molecule has 222 valence electrons. The number of likely N-dealkylation sites (tertiary alicyclic amines) is 2. The van der Waals surface area contributed by atoms with Gasteiger partial charge in [0, 0.05) is 50.5 Å². The van der Waals surface area contributed by atoms with Crippen LogP contribution in [0.15, 0.2) is 48.5 Å². The summed E-state index contributed by atoms with van der Waals surface area (Å²) in [6.07, 6.45) is 3.21. The number of tetrazole rings is 1. The van der Waals surface area contributed by atoms with Gasteiger partial charge in [0.25, 0.3) is 0 Å². The summed E-state index contributed by atoms with van der Waals surface area (Å²) >= 11 is 0. The van der Waals surface area contributed by atoms with E-state index in [9.17, 15) is 18.8 Å². The van der Waals surface area contributed by atoms with Crippen LogP contribution in [0.4, 0.5) is 14.9 Å². The van der Waals surface area contributed by atoms with E-state index in [-0.39, 0.29) is 36.0 Å². The molecule has 12 heteroatoms. The minimum Gasteiger partial charge on any atom is -0.342 e. The van der Waals surface area contributed by atoms with Crippen LogP contribution in [0.5, 0.6) is 0 Å². The van der Waals surface area contributed by atoms with Gasteiger partial charge in [0.15, 0.2) is 5.82 Å². The Hall–Kier alpha value is -4.19. The number of urea groups is 1. The summed E-state index contributed by atoms with van der Waals surface area (Å²) in [5.41, 5.74) is 2.38. The van der Waals surface area contributed by atoms with E-state index < -0.39 is 11.9 Å². The van der Waals surface area contributed by atoms with Gasteiger partial charge < -0.3 is 15.5 Å². The van der Waals surface area contributed by atoms with Gasteiger partial charge in [-0.25, -0.2) is 13.9 Å². The molecule has 3 aromatic rings. The number of amides is 3. The number of halogens is 1. The molecule has 3 atom stereocenters. The Kier molecular flexibility index (Phi) is 9.21. The van der Waals surface area contributed by atoms with Crippen molar-refractivity contribution in [2.45, 2.75) is 38.6 Å². The molecule has 0 bridgehead atoms. The monoisotopic (exact) mass is 576 g/mol. The smallest absolute Gasteiger partial charge is 0.319 e. The maximum absolute atomic E-state index is 14.0. The van der Waals surface area contributed by atoms with Crippen molar-refractivity contribution in [3.63, 3.8) is 0 Å². The van der Waals surface area contributed by atoms with Crippen LogP contribution >= 0.6 is 0 Å². The van der Waals surface area contributed by atoms with Gasteiger partial charge in [-0.05, 0) is 78.8 Å². The van der Waals surface area contributed by atoms with E-state index in [1.54, 1.807) is 42.9 Å². The van der Waals surface area contributed by atoms with E-state index in [4.69, 9.17) is 0 Å². The van der Waals surface area contributed by atoms with Crippen molar-refractivity contribution in [1.29, 1.82) is 0 Å². The van der Waals surface area contributed by atoms with E-state index in [2.05, 4.69) is 26.2 Å². The number of hydrogen-bond acceptors (Lipinski definition) is 7. The number of carbonyl (C=O) groups is 3. The molecule has 1 aromatic heterocycles. The first-order valence-corrected chi connectivity index (χ1v) is 14.4. The van der Waals surface area contributed by atoms with Crippen LogP contribution in [0.25, 0.3) is 11.4 Å². The fraction of sp³-hybridized carbons (Fsp3) is 0.467. The number of nitrogens with zero attached hydrogens (tertiary/aromatic N) is 6. The number of hydrogen-bond donors (Lipinski definition) is 2. The zero-order chi connectivity index (χ0) is 29.6. The Morgan fingerprint density at radius 3 is 2.60 bits per heavy atom. The summed E-state index contributed by atoms with van der Waals surface area (Å²) in [6.45, 7) is 4.10. The van der Waals surface area contributed by atoms with Crippen LogP contribution in [0.3, 0.4) is 0 Å². The Morgan fingerprint density at radius 1 is 1.05 bits per heavy atom. The Bertz CT molecular complexity index is 1410. The summed E-state index contributed by atoms with van der Waals surface area (Å²) < 4.78 is 14.9. The van der Waals surface area contributed by atoms with Gasteiger partial charge in [-0.15, -0.1) is 5.10 Å². The first kappa shape index (κ1) is 29.3. The number of aromatic nitrogens is 4. The van der Waals surface area contributed by atoms with Crippen molar-refractivity contribution in [3.05, 3.63) is 59.9 Å². The van der Waals surface area contributed by atoms with E-state index in [1.807, 2.05) is 21.9 Å². The van der Waals surface area contributed by atoms with Crippen molar-refractivity contribution in [2.24, 2.45) is 18.9 Å². The SMILES string of the molecule is CC(=O)CN1CCC(NC(=O)Nc2cccc(-c3nnnn3C)c2)C(C(=O)N2CCCC(Cc3ccc(F)cc3)C2)C1. The normalized spacial score (nSPS) is 21.1. The highest BCUT2D eigenvalue weighted by Gasteiger charge is 2.39. The molecule has 42 heavy (non-hydrogen) atoms. The number of Topliss-reactive ketones (excluding diaryl/α,β-unsaturated/α-hetero) is 1. The highest BCUT2D eigenvalue weighted by molar-refractivity contribution is 5.91. The van der Waals surface area contributed by atoms with Crippen LogP contribution in [0, 0.1) is 17.7 Å². The highest BCUT2D eigenvalue weighted by Crippen LogP contribution is 2.26. The Balaban J connectivity index is 1.26. The van der Waals surface area contributed by atoms with Crippen molar-refractivity contribution < 1.29 is 18.8 Å². The summed E-state index contributed by atoms with van der Waals surface area (Å²) in [7, 11) is 1.74. The lowest BCUT2D eigenvalue weighted by molar-refractivity contribution is -0.140. The number of ketones is 1. The third kappa shape index (κ3) is 7.35. The lowest BCUT2D eigenvalue weighted by Gasteiger charge is -2.41. The van der Waals surface area contributed by atoms with Gasteiger partial charge in [0.05, 0.1) is 12.5 Å². The highest BCUT2D eigenvalue weighted by atomic mass is 19.1. The zero-order valence-corrected chi connectivity index (χ0v) is 24.0. The second-order valence-electron chi connectivity index (χ2n) is 11.4. The fourth-order valence-electron chi connectivity index (χ4n) is 6.07. The summed E-state index contributed by atoms with van der Waals surface area (Å²) in [5, 5.41) is 17.5. The lowest BCUT2D eigenvalue weighted by Crippen LogP contribution is -2.58. The van der Waals surface area contributed by atoms with Gasteiger partial charge in [0.2, 0.25) is 5.91 Å². The van der Waals surface area contributed by atoms with Crippen LogP contribution in [0.1, 0.15) is 31.7 Å². The van der Waals surface area contributed by atoms with Crippen LogP contribution < -0.4 is 10.6 Å². The number of rotatable bonds is 8. The molecule has 3 heterocycles. The minimum absolute atomic E-state index is 0.00543. The third-order valence-electron chi connectivity index (χ3n) is 8.04. The molecule has 0 radical (unpaired) electrons. The first-order chi connectivity index (χ1) is 20.2. The maximum Gasteiger partial charge on any atom is 0.319 e. The summed E-state index contributed by atoms with van der Waals surface area (Å²) in [6, 6.07) is 13.0. The molecule has 2 fully saturated rings. The molecule has 3 unspecified atom stereocenters. The Morgan fingerprint density at radius 2 is 1.86 bits per heavy atom. The molecule has 2 aliphatic rings. The molecule has 2 aromatic carbocycles. The largest absolute Gasteiger partial charge is 0.342 e. The molecule has 0 aliphatic carbocycles. The maximum atomic E-state index is 14.0. The quantitative estimate of drug-likeness (QED) is 0.423. The van der Waals surface area contributed by atoms with Gasteiger partial charge in [0.1, 0.15) is 11.6 Å². The predicted octanol–water partition coefficient (Wildman–Crippen LogP) is 2.90. The van der Waals surface area contributed by atoms with Gasteiger partial charge in [-0.3, -0.25) is 14.5 Å². The number of nitrogens with one attached hydrogen (secondary N) is 2. The van der Waals surface area contributed by atoms with Gasteiger partial charge in [-0.2, -0.15) is 0 Å². The molecule has 11 nitrogen and oxygen atoms in total. The van der Waals surface area contributed by atoms with E-state index >= 15 is 0 Å². The van der Waals surface area contributed by atoms with E-state index in [1.165, 1.54) is 12.1 Å². The topological polar surface area (TPSA) is 125 Å². The predicted molar refractivity (Wildman–Crippen MR) is 155 cm³/mol. The molecular formula is C30H37FN8O3. The zero-order valence-electron chi connectivity index (χ0n) is 24.0. The van der Waals surface area contributed by atoms with E-state index in [0.29, 0.717) is 44.1 Å². The Labute approximate surface area is 244 Å². The average molecular weight is 577 g/mol. The number of piperidine rings is 2. The van der Waals surface area contributed by atoms with Crippen molar-refractivity contribution in [3.8, 4) is 11.4 Å². The first-order valence-electron chi connectivity index (χ1n) is 14.4. The molecule has 2 N–H and O–H groups in total. The molecule has 2 saturated heterocycles. The summed E-state index contributed by atoms with van der Waals surface area (Å²) in [5.74, 6) is 0.141. The van der Waals surface area contributed by atoms with Gasteiger partial charge >= 0.3 is 6.03 Å². The summed E-state index contributed by atoms with van der Waals surface area (Å²) in [4.78, 5) is 42.9. The van der Waals surface area contributed by atoms with Crippen molar-refractivity contribution in [2.75, 3.05) is 38.0 Å². The number of aryl methyl sites for hydroxylation is 1. The fourth-order valence-corrected chi connectivity index (χ4v) is 6.07. The molecule has 0 saturated carbocycles. The number of anilines is 1. The molecule has 3 amide bonds. The van der Waals surface area contributed by atoms with Crippen molar-refractivity contribution >= 4 is 23.4 Å². The molecule has 0 spiro atoms. The number of carbonyl (C=O) groups excluding carboxylic acids is 3. The van der Waals surface area contributed by atoms with Crippen LogP contribution in [-0.2, 0) is 23.1 Å². The van der Waals surface area contributed by atoms with Crippen LogP contribution in [0.2, 0.25) is 0 Å². The molecule has 5 rings (SSSR count). The minimum atomic E-state index is -0.482. The molecular weight excluding hydrogens is 539 g/mol. The lowest BCUT2D eigenvalue weighted by atomic mass is 9.87. The van der Waals surface area contributed by atoms with E-state index in [0.717, 1.165) is 30.4 Å². The standard InChI is InChI=1S/C30H37FN8O3/c1-20(40)17-38-14-12-27(33-30(42)32-25-7-3-6-23(16-25)28-34-35-36-37(28)2)26(19-38)29(41)39-13-4-5-22(18-39)15-21-8-10-24(31)11-9-21/h3,6-11,16,22,26-27H,4-5,12-15,17-19H2,1-2H3,(H2,32,33,42). The third-order valence-corrected chi connectivity index (χ3v) is 8.04. The van der Waals surface area contributed by atoms with Gasteiger partial charge in [-0.1, -0.05) is 24.3 Å². The average Bonchev–Trinajstić information content (AvgIpc) is 3.40. The van der Waals surface area contributed by atoms with Crippen molar-refractivity contribution in [1.82, 2.24) is 35.3 Å².